The molecule has 112 valence electrons. The molecule has 0 aromatic heterocycles. The Morgan fingerprint density at radius 3 is 2.55 bits per heavy atom. The summed E-state index contributed by atoms with van der Waals surface area (Å²) in [5, 5.41) is 12.8. The molecule has 0 saturated carbocycles. The first-order valence-corrected chi connectivity index (χ1v) is 6.71. The van der Waals surface area contributed by atoms with Gasteiger partial charge in [0.2, 0.25) is 0 Å². The van der Waals surface area contributed by atoms with Crippen molar-refractivity contribution in [3.8, 4) is 11.5 Å². The van der Waals surface area contributed by atoms with E-state index in [9.17, 15) is 13.9 Å². The van der Waals surface area contributed by atoms with Gasteiger partial charge < -0.3 is 15.2 Å². The molecule has 1 aromatic carbocycles. The summed E-state index contributed by atoms with van der Waals surface area (Å²) in [5.41, 5.74) is 0.349. The van der Waals surface area contributed by atoms with Gasteiger partial charge in [0.25, 0.3) is 6.43 Å². The Morgan fingerprint density at radius 2 is 2.00 bits per heavy atom. The molecule has 7 heteroatoms. The van der Waals surface area contributed by atoms with Crippen molar-refractivity contribution in [2.45, 2.75) is 12.5 Å². The lowest BCUT2D eigenvalue weighted by Crippen LogP contribution is -2.46. The second-order valence-corrected chi connectivity index (χ2v) is 5.03. The molecular weight excluding hydrogens is 290 g/mol. The van der Waals surface area contributed by atoms with Crippen molar-refractivity contribution in [3.63, 3.8) is 0 Å². The predicted molar refractivity (Wildman–Crippen MR) is 72.9 cm³/mol. The van der Waals surface area contributed by atoms with Crippen molar-refractivity contribution in [2.75, 3.05) is 33.3 Å². The summed E-state index contributed by atoms with van der Waals surface area (Å²) in [5.74, 6) is -0.125. The van der Waals surface area contributed by atoms with E-state index in [0.29, 0.717) is 31.7 Å². The van der Waals surface area contributed by atoms with E-state index in [-0.39, 0.29) is 16.5 Å². The van der Waals surface area contributed by atoms with Crippen molar-refractivity contribution < 1.29 is 18.6 Å². The number of nitrogens with one attached hydrogen (secondary N) is 1. The minimum atomic E-state index is -2.54. The van der Waals surface area contributed by atoms with Crippen LogP contribution in [0.25, 0.3) is 0 Å². The highest BCUT2D eigenvalue weighted by molar-refractivity contribution is 6.32. The number of alkyl halides is 2. The summed E-state index contributed by atoms with van der Waals surface area (Å²) in [7, 11) is 1.36. The maximum atomic E-state index is 13.4. The van der Waals surface area contributed by atoms with Crippen molar-refractivity contribution in [3.05, 3.63) is 22.7 Å². The van der Waals surface area contributed by atoms with Crippen LogP contribution in [0.15, 0.2) is 12.1 Å². The number of halogens is 3. The first-order valence-electron chi connectivity index (χ1n) is 6.34. The topological polar surface area (TPSA) is 44.7 Å². The molecule has 20 heavy (non-hydrogen) atoms. The molecule has 1 heterocycles. The Bertz CT molecular complexity index is 468. The van der Waals surface area contributed by atoms with E-state index in [1.165, 1.54) is 19.2 Å². The molecule has 0 unspecified atom stereocenters. The third-order valence-electron chi connectivity index (χ3n) is 3.40. The molecule has 2 N–H and O–H groups in total. The van der Waals surface area contributed by atoms with Gasteiger partial charge in [0.05, 0.1) is 18.2 Å². The van der Waals surface area contributed by atoms with E-state index in [0.717, 1.165) is 0 Å². The lowest BCUT2D eigenvalue weighted by molar-refractivity contribution is 0.0181. The van der Waals surface area contributed by atoms with Gasteiger partial charge in [0.1, 0.15) is 0 Å². The number of rotatable bonds is 4. The summed E-state index contributed by atoms with van der Waals surface area (Å²) >= 11 is 5.88. The van der Waals surface area contributed by atoms with Crippen LogP contribution in [-0.4, -0.2) is 49.7 Å². The number of benzene rings is 1. The molecule has 1 atom stereocenters. The molecule has 1 aliphatic heterocycles. The fraction of sp³-hybridized carbons (Fsp3) is 0.538. The molecule has 1 aliphatic rings. The molecule has 1 aromatic rings. The minimum Gasteiger partial charge on any atom is -0.503 e. The summed E-state index contributed by atoms with van der Waals surface area (Å²) in [6.07, 6.45) is -2.54. The Hall–Kier alpha value is -1.11. The molecule has 2 rings (SSSR count). The van der Waals surface area contributed by atoms with Crippen LogP contribution in [-0.2, 0) is 0 Å². The monoisotopic (exact) mass is 306 g/mol. The van der Waals surface area contributed by atoms with E-state index in [4.69, 9.17) is 16.3 Å². The zero-order chi connectivity index (χ0) is 14.7. The Morgan fingerprint density at radius 1 is 1.35 bits per heavy atom. The van der Waals surface area contributed by atoms with Crippen LogP contribution in [0, 0.1) is 0 Å². The molecule has 0 aliphatic carbocycles. The third kappa shape index (κ3) is 3.13. The van der Waals surface area contributed by atoms with E-state index in [1.54, 1.807) is 4.90 Å². The van der Waals surface area contributed by atoms with Gasteiger partial charge in [-0.15, -0.1) is 0 Å². The largest absolute Gasteiger partial charge is 0.503 e. The van der Waals surface area contributed by atoms with Crippen LogP contribution in [0.4, 0.5) is 8.78 Å². The smallest absolute Gasteiger partial charge is 0.258 e. The van der Waals surface area contributed by atoms with Gasteiger partial charge in [-0.25, -0.2) is 8.78 Å². The average molecular weight is 307 g/mol. The van der Waals surface area contributed by atoms with E-state index in [1.807, 2.05) is 0 Å². The maximum absolute atomic E-state index is 13.4. The van der Waals surface area contributed by atoms with Gasteiger partial charge in [-0.2, -0.15) is 0 Å². The highest BCUT2D eigenvalue weighted by Gasteiger charge is 2.31. The predicted octanol–water partition coefficient (Wildman–Crippen LogP) is 2.27. The van der Waals surface area contributed by atoms with Crippen molar-refractivity contribution >= 4 is 11.6 Å². The fourth-order valence-corrected chi connectivity index (χ4v) is 2.62. The first kappa shape index (κ1) is 15.3. The maximum Gasteiger partial charge on any atom is 0.258 e. The molecule has 0 amide bonds. The highest BCUT2D eigenvalue weighted by atomic mass is 35.5. The number of hydrogen-bond donors (Lipinski definition) is 2. The second-order valence-electron chi connectivity index (χ2n) is 4.62. The Labute approximate surface area is 121 Å². The van der Waals surface area contributed by atoms with Gasteiger partial charge in [0.15, 0.2) is 11.5 Å². The van der Waals surface area contributed by atoms with Crippen molar-refractivity contribution in [2.24, 2.45) is 0 Å². The quantitative estimate of drug-likeness (QED) is 0.896. The summed E-state index contributed by atoms with van der Waals surface area (Å²) in [4.78, 5) is 1.71. The summed E-state index contributed by atoms with van der Waals surface area (Å²) in [6, 6.07) is 1.74. The zero-order valence-corrected chi connectivity index (χ0v) is 11.8. The first-order chi connectivity index (χ1) is 9.54. The zero-order valence-electron chi connectivity index (χ0n) is 11.1. The number of phenolic OH excluding ortho intramolecular Hbond substituents is 1. The lowest BCUT2D eigenvalue weighted by atomic mass is 10.0. The molecule has 1 fully saturated rings. The van der Waals surface area contributed by atoms with Crippen molar-refractivity contribution in [1.29, 1.82) is 0 Å². The number of phenols is 1. The Balaban J connectivity index is 2.36. The van der Waals surface area contributed by atoms with Crippen molar-refractivity contribution in [1.82, 2.24) is 10.2 Å². The van der Waals surface area contributed by atoms with Gasteiger partial charge in [-0.1, -0.05) is 11.6 Å². The molecule has 0 spiro atoms. The summed E-state index contributed by atoms with van der Waals surface area (Å²) < 4.78 is 31.8. The van der Waals surface area contributed by atoms with Crippen LogP contribution < -0.4 is 10.1 Å². The molecule has 0 radical (unpaired) electrons. The fourth-order valence-electron chi connectivity index (χ4n) is 2.40. The lowest BCUT2D eigenvalue weighted by Gasteiger charge is -2.34. The number of piperazine rings is 1. The molecular formula is C13H17ClF2N2O2. The van der Waals surface area contributed by atoms with Gasteiger partial charge in [0, 0.05) is 26.2 Å². The van der Waals surface area contributed by atoms with Gasteiger partial charge >= 0.3 is 0 Å². The molecule has 4 nitrogen and oxygen atoms in total. The normalized spacial score (nSPS) is 18.2. The Kier molecular flexibility index (Phi) is 5.01. The van der Waals surface area contributed by atoms with Crippen LogP contribution in [0.3, 0.4) is 0 Å². The van der Waals surface area contributed by atoms with Crippen LogP contribution >= 0.6 is 11.6 Å². The van der Waals surface area contributed by atoms with Crippen LogP contribution in [0.2, 0.25) is 5.02 Å². The van der Waals surface area contributed by atoms with E-state index < -0.39 is 12.5 Å². The second kappa shape index (κ2) is 6.56. The number of aromatic hydroxyl groups is 1. The molecule has 0 bridgehead atoms. The standard InChI is InChI=1S/C13H17ClF2N2O2/c1-20-10-7-8(6-9(14)12(10)19)11(13(15)16)18-4-2-17-3-5-18/h6-7,11,13,17,19H,2-5H2,1H3/t11-/m0/s1. The van der Waals surface area contributed by atoms with Crippen LogP contribution in [0.5, 0.6) is 11.5 Å². The third-order valence-corrected chi connectivity index (χ3v) is 3.68. The minimum absolute atomic E-state index is 0.0140. The van der Waals surface area contributed by atoms with Gasteiger partial charge in [-0.05, 0) is 17.7 Å². The number of methoxy groups -OCH3 is 1. The summed E-state index contributed by atoms with van der Waals surface area (Å²) in [6.45, 7) is 2.42. The number of ether oxygens (including phenoxy) is 1. The van der Waals surface area contributed by atoms with Crippen LogP contribution in [0.1, 0.15) is 11.6 Å². The highest BCUT2D eigenvalue weighted by Crippen LogP contribution is 2.39. The number of nitrogens with zero attached hydrogens (tertiary/aromatic N) is 1. The van der Waals surface area contributed by atoms with E-state index in [2.05, 4.69) is 5.32 Å². The average Bonchev–Trinajstić information content (AvgIpc) is 2.43. The molecule has 1 saturated heterocycles. The SMILES string of the molecule is COc1cc([C@@H](C(F)F)N2CCNCC2)cc(Cl)c1O. The van der Waals surface area contributed by atoms with E-state index >= 15 is 0 Å². The number of hydrogen-bond acceptors (Lipinski definition) is 4. The van der Waals surface area contributed by atoms with Gasteiger partial charge in [-0.3, -0.25) is 4.90 Å².